The summed E-state index contributed by atoms with van der Waals surface area (Å²) in [6.45, 7) is 5.16. The first-order valence-electron chi connectivity index (χ1n) is 9.66. The molecule has 0 fully saturated rings. The Morgan fingerprint density at radius 3 is 1.71 bits per heavy atom. The Kier molecular flexibility index (Phi) is 20.2. The van der Waals surface area contributed by atoms with Gasteiger partial charge >= 0.3 is 58.2 Å². The number of carbonyl (C=O) groups excluding carboxylic acids is 1. The Morgan fingerprint density at radius 2 is 1.45 bits per heavy atom. The van der Waals surface area contributed by atoms with Gasteiger partial charge in [0.2, 0.25) is 5.91 Å². The summed E-state index contributed by atoms with van der Waals surface area (Å²) in [5.74, 6) is 0.0926. The number of aryl methyl sites for hydroxylation is 1. The van der Waals surface area contributed by atoms with E-state index in [0.29, 0.717) is 5.69 Å². The summed E-state index contributed by atoms with van der Waals surface area (Å²) >= 11 is 0. The number of aliphatic hydroxyl groups excluding tert-OH is 1. The topological polar surface area (TPSA) is 87.8 Å². The van der Waals surface area contributed by atoms with Crippen LogP contribution in [0, 0.1) is 6.92 Å². The van der Waals surface area contributed by atoms with Gasteiger partial charge in [0.1, 0.15) is 0 Å². The van der Waals surface area contributed by atoms with Gasteiger partial charge < -0.3 is 25.1 Å². The number of amides is 1. The van der Waals surface area contributed by atoms with Crippen LogP contribution in [0.25, 0.3) is 0 Å². The van der Waals surface area contributed by atoms with Crippen LogP contribution in [0.15, 0.2) is 79.3 Å². The molecule has 0 saturated carbocycles. The van der Waals surface area contributed by atoms with Crippen LogP contribution < -0.4 is 63.2 Å². The molecule has 1 amide bonds. The van der Waals surface area contributed by atoms with Crippen molar-refractivity contribution in [2.75, 3.05) is 20.7 Å². The van der Waals surface area contributed by atoms with E-state index in [9.17, 15) is 9.90 Å². The van der Waals surface area contributed by atoms with Crippen LogP contribution in [0.1, 0.15) is 31.5 Å². The molecular formula is C24H34N3O3Rb. The van der Waals surface area contributed by atoms with Gasteiger partial charge in [0.25, 0.3) is 0 Å². The van der Waals surface area contributed by atoms with Gasteiger partial charge in [-0.1, -0.05) is 84.8 Å². The molecule has 0 saturated heterocycles. The third-order valence-corrected chi connectivity index (χ3v) is 3.85. The minimum absolute atomic E-state index is 0. The number of aromatic nitrogens is 2. The van der Waals surface area contributed by atoms with Crippen molar-refractivity contribution in [3.63, 3.8) is 0 Å². The van der Waals surface area contributed by atoms with Crippen LogP contribution in [0.3, 0.4) is 0 Å². The second-order valence-electron chi connectivity index (χ2n) is 6.88. The summed E-state index contributed by atoms with van der Waals surface area (Å²) in [5, 5.41) is 18.2. The molecule has 1 unspecified atom stereocenters. The molecule has 6 nitrogen and oxygen atoms in total. The van der Waals surface area contributed by atoms with Crippen LogP contribution in [-0.4, -0.2) is 46.7 Å². The molecule has 0 bridgehead atoms. The standard InChI is InChI=1S/C7H11N2O2.C7H8.C6H6.C4H9NO.Rb/c1-7(11,2-3-10)6-4-8-5-9-6;1-7-5-3-2-4-6-7;1-2-4-6-5-3-1;1-4(6)5(2)3;/h4-5,10-11H,2-3H2,1H3;2-6H,1H3;1-6H;1-3H3;/q-1;;;;+1. The molecule has 164 valence electrons. The van der Waals surface area contributed by atoms with E-state index < -0.39 is 5.60 Å². The predicted molar refractivity (Wildman–Crippen MR) is 121 cm³/mol. The molecule has 31 heavy (non-hydrogen) atoms. The maximum absolute atomic E-state index is 10.1. The maximum atomic E-state index is 10.1. The second kappa shape index (κ2) is 19.5. The maximum Gasteiger partial charge on any atom is 1.00 e. The number of hydrogen-bond donors (Lipinski definition) is 2. The molecule has 2 aromatic carbocycles. The van der Waals surface area contributed by atoms with Gasteiger partial charge in [-0.2, -0.15) is 0 Å². The van der Waals surface area contributed by atoms with Crippen molar-refractivity contribution in [2.45, 2.75) is 32.8 Å². The van der Waals surface area contributed by atoms with Gasteiger partial charge in [0.15, 0.2) is 0 Å². The monoisotopic (exact) mass is 497 g/mol. The molecule has 1 heterocycles. The van der Waals surface area contributed by atoms with Gasteiger partial charge in [0, 0.05) is 34.0 Å². The third-order valence-electron chi connectivity index (χ3n) is 3.85. The number of hydrogen-bond acceptors (Lipinski definition) is 4. The summed E-state index contributed by atoms with van der Waals surface area (Å²) in [6, 6.07) is 22.3. The number of carbonyl (C=O) groups is 1. The Labute approximate surface area is 235 Å². The molecule has 0 aliphatic heterocycles. The van der Waals surface area contributed by atoms with Crippen molar-refractivity contribution in [3.05, 3.63) is 90.5 Å². The van der Waals surface area contributed by atoms with E-state index in [1.807, 2.05) is 54.6 Å². The van der Waals surface area contributed by atoms with Crippen molar-refractivity contribution in [1.82, 2.24) is 14.9 Å². The van der Waals surface area contributed by atoms with E-state index in [4.69, 9.17) is 5.11 Å². The van der Waals surface area contributed by atoms with Gasteiger partial charge in [-0.15, -0.1) is 0 Å². The van der Waals surface area contributed by atoms with Crippen LogP contribution in [0.4, 0.5) is 0 Å². The van der Waals surface area contributed by atoms with Crippen molar-refractivity contribution in [1.29, 1.82) is 0 Å². The van der Waals surface area contributed by atoms with Crippen LogP contribution >= 0.6 is 0 Å². The molecule has 0 spiro atoms. The average Bonchev–Trinajstić information content (AvgIpc) is 3.27. The zero-order valence-electron chi connectivity index (χ0n) is 19.6. The second-order valence-corrected chi connectivity index (χ2v) is 6.88. The SMILES string of the molecule is CC(=O)N(C)C.CC(O)(CCO)c1c[n-]cn1.Cc1ccccc1.[Rb+].c1ccccc1. The van der Waals surface area contributed by atoms with E-state index in [1.165, 1.54) is 29.9 Å². The van der Waals surface area contributed by atoms with Crippen molar-refractivity contribution < 1.29 is 73.2 Å². The number of imidazole rings is 1. The van der Waals surface area contributed by atoms with E-state index in [-0.39, 0.29) is 77.1 Å². The van der Waals surface area contributed by atoms with E-state index in [0.717, 1.165) is 0 Å². The first-order chi connectivity index (χ1) is 14.2. The first kappa shape index (κ1) is 32.0. The number of aliphatic hydroxyl groups is 2. The third kappa shape index (κ3) is 18.1. The molecule has 1 atom stereocenters. The summed E-state index contributed by atoms with van der Waals surface area (Å²) in [5.41, 5.74) is 0.777. The Balaban J connectivity index is 0. The largest absolute Gasteiger partial charge is 1.00 e. The normalized spacial score (nSPS) is 10.8. The Hall–Kier alpha value is -1.15. The molecular weight excluding hydrogens is 464 g/mol. The van der Waals surface area contributed by atoms with Crippen LogP contribution in [0.5, 0.6) is 0 Å². The fourth-order valence-electron chi connectivity index (χ4n) is 1.78. The van der Waals surface area contributed by atoms with Gasteiger partial charge in [0.05, 0.1) is 5.60 Å². The number of nitrogens with zero attached hydrogens (tertiary/aromatic N) is 3. The number of benzene rings is 2. The molecule has 3 rings (SSSR count). The molecule has 0 aliphatic carbocycles. The van der Waals surface area contributed by atoms with Crippen molar-refractivity contribution in [2.24, 2.45) is 0 Å². The smallest absolute Gasteiger partial charge is 0.449 e. The predicted octanol–water partition coefficient (Wildman–Crippen LogP) is 0.409. The van der Waals surface area contributed by atoms with E-state index >= 15 is 0 Å². The van der Waals surface area contributed by atoms with Gasteiger partial charge in [-0.05, 0) is 19.5 Å². The minimum atomic E-state index is -1.05. The molecule has 1 aromatic heterocycles. The first-order valence-corrected chi connectivity index (χ1v) is 9.66. The Bertz CT molecular complexity index is 739. The molecule has 3 aromatic rings. The summed E-state index contributed by atoms with van der Waals surface area (Å²) in [6.07, 6.45) is 3.16. The summed E-state index contributed by atoms with van der Waals surface area (Å²) in [4.78, 5) is 19.1. The summed E-state index contributed by atoms with van der Waals surface area (Å²) in [7, 11) is 3.45. The fourth-order valence-corrected chi connectivity index (χ4v) is 1.78. The van der Waals surface area contributed by atoms with Crippen LogP contribution in [0.2, 0.25) is 0 Å². The fraction of sp³-hybridized carbons (Fsp3) is 0.333. The Morgan fingerprint density at radius 1 is 1.03 bits per heavy atom. The van der Waals surface area contributed by atoms with Gasteiger partial charge in [-0.3, -0.25) is 4.79 Å². The molecule has 7 heteroatoms. The van der Waals surface area contributed by atoms with Crippen LogP contribution in [-0.2, 0) is 10.4 Å². The average molecular weight is 498 g/mol. The summed E-state index contributed by atoms with van der Waals surface area (Å²) < 4.78 is 0. The zero-order chi connectivity index (χ0) is 22.8. The van der Waals surface area contributed by atoms with Gasteiger partial charge in [-0.25, -0.2) is 0 Å². The van der Waals surface area contributed by atoms with E-state index in [1.54, 1.807) is 21.0 Å². The molecule has 0 aliphatic rings. The minimum Gasteiger partial charge on any atom is -0.449 e. The van der Waals surface area contributed by atoms with Crippen molar-refractivity contribution in [3.8, 4) is 0 Å². The molecule has 0 radical (unpaired) electrons. The van der Waals surface area contributed by atoms with Crippen molar-refractivity contribution >= 4 is 5.91 Å². The number of rotatable bonds is 3. The quantitative estimate of drug-likeness (QED) is 0.547. The molecule has 2 N–H and O–H groups in total. The zero-order valence-corrected chi connectivity index (χ0v) is 24.5. The van der Waals surface area contributed by atoms with E-state index in [2.05, 4.69) is 29.0 Å².